The molecule has 0 aromatic rings. The molecule has 0 N–H and O–H groups in total. The minimum atomic E-state index is -0.111. The summed E-state index contributed by atoms with van der Waals surface area (Å²) < 4.78 is 11.0. The summed E-state index contributed by atoms with van der Waals surface area (Å²) in [6.07, 6.45) is 1.30. The minimum Gasteiger partial charge on any atom is -0.352 e. The normalized spacial score (nSPS) is 34.5. The fourth-order valence-corrected chi connectivity index (χ4v) is 1.48. The average molecular weight is 186 g/mol. The average Bonchev–Trinajstić information content (AvgIpc) is 2.08. The first-order valence-corrected chi connectivity index (χ1v) is 4.90. The van der Waals surface area contributed by atoms with Gasteiger partial charge in [0.15, 0.2) is 6.29 Å². The number of carbonyl (C=O) groups excluding carboxylic acids is 1. The molecule has 1 fully saturated rings. The van der Waals surface area contributed by atoms with E-state index < -0.39 is 0 Å². The monoisotopic (exact) mass is 186 g/mol. The molecule has 0 unspecified atom stereocenters. The van der Waals surface area contributed by atoms with Crippen molar-refractivity contribution in [2.75, 3.05) is 6.61 Å². The molecule has 0 bridgehead atoms. The van der Waals surface area contributed by atoms with Crippen LogP contribution in [0.2, 0.25) is 0 Å². The molecule has 1 aliphatic heterocycles. The second kappa shape index (κ2) is 4.72. The highest BCUT2D eigenvalue weighted by atomic mass is 16.7. The predicted octanol–water partition coefficient (Wildman–Crippen LogP) is 1.75. The highest BCUT2D eigenvalue weighted by Gasteiger charge is 2.28. The van der Waals surface area contributed by atoms with Crippen molar-refractivity contribution >= 4 is 5.78 Å². The van der Waals surface area contributed by atoms with E-state index in [2.05, 4.69) is 6.92 Å². The zero-order valence-corrected chi connectivity index (χ0v) is 8.58. The molecule has 0 saturated carbocycles. The summed E-state index contributed by atoms with van der Waals surface area (Å²) in [7, 11) is 0. The highest BCUT2D eigenvalue weighted by molar-refractivity contribution is 5.76. The van der Waals surface area contributed by atoms with Gasteiger partial charge >= 0.3 is 0 Å². The quantitative estimate of drug-likeness (QED) is 0.673. The van der Waals surface area contributed by atoms with E-state index in [1.54, 1.807) is 6.92 Å². The molecule has 0 radical (unpaired) electrons. The molecule has 3 nitrogen and oxygen atoms in total. The van der Waals surface area contributed by atoms with Gasteiger partial charge in [-0.15, -0.1) is 0 Å². The molecule has 3 heteroatoms. The van der Waals surface area contributed by atoms with Crippen LogP contribution in [-0.2, 0) is 14.3 Å². The molecule has 1 rings (SSSR count). The van der Waals surface area contributed by atoms with Crippen LogP contribution < -0.4 is 0 Å². The number of ketones is 1. The fraction of sp³-hybridized carbons (Fsp3) is 0.900. The molecule has 1 aliphatic rings. The van der Waals surface area contributed by atoms with Crippen LogP contribution in [0.1, 0.15) is 33.6 Å². The molecular formula is C10H18O3. The van der Waals surface area contributed by atoms with Crippen molar-refractivity contribution in [3.8, 4) is 0 Å². The first-order valence-electron chi connectivity index (χ1n) is 4.90. The maximum absolute atomic E-state index is 10.9. The highest BCUT2D eigenvalue weighted by Crippen LogP contribution is 2.22. The van der Waals surface area contributed by atoms with E-state index in [9.17, 15) is 4.79 Å². The lowest BCUT2D eigenvalue weighted by molar-refractivity contribution is -0.234. The Balaban J connectivity index is 2.44. The molecule has 3 atom stereocenters. The Labute approximate surface area is 79.4 Å². The largest absolute Gasteiger partial charge is 0.352 e. The maximum Gasteiger partial charge on any atom is 0.157 e. The van der Waals surface area contributed by atoms with Gasteiger partial charge in [-0.1, -0.05) is 13.8 Å². The molecule has 1 saturated heterocycles. The van der Waals surface area contributed by atoms with Gasteiger partial charge in [-0.3, -0.25) is 4.79 Å². The van der Waals surface area contributed by atoms with Crippen LogP contribution in [-0.4, -0.2) is 24.8 Å². The summed E-state index contributed by atoms with van der Waals surface area (Å²) >= 11 is 0. The van der Waals surface area contributed by atoms with Crippen LogP contribution in [0.3, 0.4) is 0 Å². The van der Waals surface area contributed by atoms with Gasteiger partial charge in [0.05, 0.1) is 12.7 Å². The Kier molecular flexibility index (Phi) is 3.88. The van der Waals surface area contributed by atoms with Crippen LogP contribution in [0.15, 0.2) is 0 Å². The van der Waals surface area contributed by atoms with Gasteiger partial charge in [0.25, 0.3) is 0 Å². The summed E-state index contributed by atoms with van der Waals surface area (Å²) in [6.45, 7) is 6.38. The van der Waals surface area contributed by atoms with E-state index in [1.807, 2.05) is 6.92 Å². The lowest BCUT2D eigenvalue weighted by Crippen LogP contribution is -2.39. The van der Waals surface area contributed by atoms with Crippen molar-refractivity contribution in [3.05, 3.63) is 0 Å². The van der Waals surface area contributed by atoms with Crippen molar-refractivity contribution in [1.82, 2.24) is 0 Å². The van der Waals surface area contributed by atoms with Gasteiger partial charge in [0, 0.05) is 12.3 Å². The lowest BCUT2D eigenvalue weighted by Gasteiger charge is -2.34. The third kappa shape index (κ3) is 3.08. The number of carbonyl (C=O) groups is 1. The Hall–Kier alpha value is -0.410. The number of Topliss-reactive ketones (excluding diaryl/α,β-unsaturated/α-hetero) is 1. The molecular weight excluding hydrogens is 168 g/mol. The fourth-order valence-electron chi connectivity index (χ4n) is 1.48. The van der Waals surface area contributed by atoms with Crippen molar-refractivity contribution in [2.45, 2.75) is 46.0 Å². The second-order valence-corrected chi connectivity index (χ2v) is 3.73. The zero-order valence-electron chi connectivity index (χ0n) is 8.58. The Morgan fingerprint density at radius 1 is 1.54 bits per heavy atom. The number of hydrogen-bond donors (Lipinski definition) is 0. The Bertz CT molecular complexity index is 179. The van der Waals surface area contributed by atoms with Crippen LogP contribution in [0.25, 0.3) is 0 Å². The van der Waals surface area contributed by atoms with Gasteiger partial charge in [0.1, 0.15) is 5.78 Å². The van der Waals surface area contributed by atoms with Crippen LogP contribution >= 0.6 is 0 Å². The van der Waals surface area contributed by atoms with Gasteiger partial charge < -0.3 is 9.47 Å². The minimum absolute atomic E-state index is 0.0520. The molecule has 0 spiro atoms. The standard InChI is InChI=1S/C10H18O3/c1-4-10-12-6-7(2)9(13-10)5-8(3)11/h7,9-10H,4-6H2,1-3H3/t7-,9-,10+/m1/s1. The second-order valence-electron chi connectivity index (χ2n) is 3.73. The van der Waals surface area contributed by atoms with E-state index in [0.29, 0.717) is 18.9 Å². The molecule has 0 aliphatic carbocycles. The predicted molar refractivity (Wildman–Crippen MR) is 49.4 cm³/mol. The van der Waals surface area contributed by atoms with Gasteiger partial charge in [0.2, 0.25) is 0 Å². The summed E-state index contributed by atoms with van der Waals surface area (Å²) in [5.41, 5.74) is 0. The van der Waals surface area contributed by atoms with Crippen LogP contribution in [0, 0.1) is 5.92 Å². The smallest absolute Gasteiger partial charge is 0.157 e. The topological polar surface area (TPSA) is 35.5 Å². The van der Waals surface area contributed by atoms with E-state index in [1.165, 1.54) is 0 Å². The molecule has 13 heavy (non-hydrogen) atoms. The first-order chi connectivity index (χ1) is 6.13. The first kappa shape index (κ1) is 10.7. The van der Waals surface area contributed by atoms with Crippen molar-refractivity contribution in [3.63, 3.8) is 0 Å². The third-order valence-corrected chi connectivity index (χ3v) is 2.33. The number of rotatable bonds is 3. The van der Waals surface area contributed by atoms with Gasteiger partial charge in [-0.25, -0.2) is 0 Å². The maximum atomic E-state index is 10.9. The Morgan fingerprint density at radius 2 is 2.23 bits per heavy atom. The van der Waals surface area contributed by atoms with Crippen molar-refractivity contribution < 1.29 is 14.3 Å². The molecule has 0 aromatic carbocycles. The summed E-state index contributed by atoms with van der Waals surface area (Å²) in [6, 6.07) is 0. The summed E-state index contributed by atoms with van der Waals surface area (Å²) in [5, 5.41) is 0. The molecule has 76 valence electrons. The van der Waals surface area contributed by atoms with E-state index in [-0.39, 0.29) is 18.2 Å². The van der Waals surface area contributed by atoms with Crippen molar-refractivity contribution in [1.29, 1.82) is 0 Å². The number of hydrogen-bond acceptors (Lipinski definition) is 3. The zero-order chi connectivity index (χ0) is 9.84. The molecule has 0 amide bonds. The lowest BCUT2D eigenvalue weighted by atomic mass is 10.00. The summed E-state index contributed by atoms with van der Waals surface area (Å²) in [4.78, 5) is 10.9. The summed E-state index contributed by atoms with van der Waals surface area (Å²) in [5.74, 6) is 0.514. The third-order valence-electron chi connectivity index (χ3n) is 2.33. The molecule has 1 heterocycles. The van der Waals surface area contributed by atoms with Gasteiger partial charge in [-0.05, 0) is 13.3 Å². The van der Waals surface area contributed by atoms with E-state index >= 15 is 0 Å². The Morgan fingerprint density at radius 3 is 2.77 bits per heavy atom. The van der Waals surface area contributed by atoms with Crippen LogP contribution in [0.4, 0.5) is 0 Å². The van der Waals surface area contributed by atoms with E-state index in [4.69, 9.17) is 9.47 Å². The van der Waals surface area contributed by atoms with E-state index in [0.717, 1.165) is 6.42 Å². The van der Waals surface area contributed by atoms with Crippen molar-refractivity contribution in [2.24, 2.45) is 5.92 Å². The SMILES string of the molecule is CC[C@H]1OC[C@@H](C)[C@@H](CC(C)=O)O1. The van der Waals surface area contributed by atoms with Gasteiger partial charge in [-0.2, -0.15) is 0 Å². The molecule has 0 aromatic heterocycles. The van der Waals surface area contributed by atoms with Crippen LogP contribution in [0.5, 0.6) is 0 Å². The number of ether oxygens (including phenoxy) is 2.